The largest absolute Gasteiger partial charge is 0.479 e. The highest BCUT2D eigenvalue weighted by atomic mass is 35.5. The monoisotopic (exact) mass is 592 g/mol. The Morgan fingerprint density at radius 2 is 1.63 bits per heavy atom. The van der Waals surface area contributed by atoms with Crippen LogP contribution in [0, 0.1) is 11.7 Å². The minimum Gasteiger partial charge on any atom is -0.479 e. The van der Waals surface area contributed by atoms with Crippen LogP contribution in [0.4, 0.5) is 10.1 Å². The average molecular weight is 593 g/mol. The zero-order valence-electron chi connectivity index (χ0n) is 22.9. The summed E-state index contributed by atoms with van der Waals surface area (Å²) in [4.78, 5) is 32.1. The first-order chi connectivity index (χ1) is 19.6. The van der Waals surface area contributed by atoms with Gasteiger partial charge in [0, 0.05) is 13.0 Å². The number of hydrogen-bond acceptors (Lipinski definition) is 7. The Hall–Kier alpha value is -3.05. The molecule has 2 aromatic rings. The number of rotatable bonds is 10. The minimum atomic E-state index is -2.27. The third-order valence-corrected chi connectivity index (χ3v) is 7.91. The van der Waals surface area contributed by atoms with Crippen LogP contribution in [0.1, 0.15) is 72.0 Å². The number of carboxylic acids is 2. The van der Waals surface area contributed by atoms with Crippen molar-refractivity contribution in [3.63, 3.8) is 0 Å². The summed E-state index contributed by atoms with van der Waals surface area (Å²) >= 11 is 6.48. The van der Waals surface area contributed by atoms with E-state index in [1.165, 1.54) is 49.3 Å². The Kier molecular flexibility index (Phi) is 12.5. The summed E-state index contributed by atoms with van der Waals surface area (Å²) in [7, 11) is 0. The zero-order valence-corrected chi connectivity index (χ0v) is 23.6. The van der Waals surface area contributed by atoms with Crippen molar-refractivity contribution in [1.82, 2.24) is 5.32 Å². The minimum absolute atomic E-state index is 0.0773. The van der Waals surface area contributed by atoms with Gasteiger partial charge in [-0.2, -0.15) is 0 Å². The number of aliphatic hydroxyl groups is 2. The molecule has 1 saturated carbocycles. The van der Waals surface area contributed by atoms with Crippen LogP contribution >= 0.6 is 11.6 Å². The van der Waals surface area contributed by atoms with E-state index >= 15 is 0 Å². The van der Waals surface area contributed by atoms with Crippen molar-refractivity contribution in [2.75, 3.05) is 18.4 Å². The molecule has 41 heavy (non-hydrogen) atoms. The van der Waals surface area contributed by atoms with Gasteiger partial charge in [-0.3, -0.25) is 4.79 Å². The molecule has 0 radical (unpaired) electrons. The van der Waals surface area contributed by atoms with E-state index < -0.39 is 30.0 Å². The fraction of sp³-hybridized carbons (Fsp3) is 0.500. The number of halogens is 2. The van der Waals surface area contributed by atoms with Crippen molar-refractivity contribution >= 4 is 35.0 Å². The Bertz CT molecular complexity index is 1200. The number of nitrogens with one attached hydrogen (secondary N) is 2. The second-order valence-corrected chi connectivity index (χ2v) is 10.9. The second kappa shape index (κ2) is 15.8. The number of carbonyl (C=O) groups is 3. The van der Waals surface area contributed by atoms with Crippen molar-refractivity contribution in [2.45, 2.75) is 76.5 Å². The molecule has 9 nitrogen and oxygen atoms in total. The van der Waals surface area contributed by atoms with Crippen molar-refractivity contribution in [1.29, 1.82) is 0 Å². The summed E-state index contributed by atoms with van der Waals surface area (Å²) in [6, 6.07) is 9.01. The molecule has 1 aliphatic carbocycles. The first kappa shape index (κ1) is 32.5. The number of fused-ring (bicyclic) bond motifs is 1. The van der Waals surface area contributed by atoms with E-state index in [1.807, 2.05) is 12.1 Å². The van der Waals surface area contributed by atoms with Gasteiger partial charge >= 0.3 is 11.9 Å². The van der Waals surface area contributed by atoms with Gasteiger partial charge in [-0.15, -0.1) is 0 Å². The molecule has 1 fully saturated rings. The lowest BCUT2D eigenvalue weighted by molar-refractivity contribution is -0.165. The predicted molar refractivity (Wildman–Crippen MR) is 153 cm³/mol. The number of hydrogen-bond donors (Lipinski definition) is 6. The highest BCUT2D eigenvalue weighted by Gasteiger charge is 2.29. The van der Waals surface area contributed by atoms with E-state index in [0.29, 0.717) is 23.9 Å². The lowest BCUT2D eigenvalue weighted by atomic mass is 9.85. The maximum absolute atomic E-state index is 14.7. The van der Waals surface area contributed by atoms with Gasteiger partial charge < -0.3 is 31.1 Å². The fourth-order valence-corrected chi connectivity index (χ4v) is 5.48. The quantitative estimate of drug-likeness (QED) is 0.223. The van der Waals surface area contributed by atoms with Crippen molar-refractivity contribution in [3.8, 4) is 0 Å². The molecule has 2 atom stereocenters. The van der Waals surface area contributed by atoms with Gasteiger partial charge in [-0.25, -0.2) is 14.0 Å². The van der Waals surface area contributed by atoms with Crippen molar-refractivity contribution < 1.29 is 39.2 Å². The molecule has 0 bridgehead atoms. The number of carboxylic acid groups (broad SMARTS) is 2. The van der Waals surface area contributed by atoms with Crippen LogP contribution in [0.25, 0.3) is 0 Å². The summed E-state index contributed by atoms with van der Waals surface area (Å²) in [5.74, 6) is -3.41. The third kappa shape index (κ3) is 9.49. The van der Waals surface area contributed by atoms with Crippen LogP contribution in [0.5, 0.6) is 0 Å². The van der Waals surface area contributed by atoms with Crippen LogP contribution in [0.15, 0.2) is 30.3 Å². The molecule has 0 saturated heterocycles. The van der Waals surface area contributed by atoms with E-state index in [-0.39, 0.29) is 11.3 Å². The van der Waals surface area contributed by atoms with Crippen LogP contribution in [0.3, 0.4) is 0 Å². The first-order valence-corrected chi connectivity index (χ1v) is 14.3. The van der Waals surface area contributed by atoms with Gasteiger partial charge in [-0.1, -0.05) is 55.8 Å². The number of aliphatic carboxylic acids is 2. The molecule has 0 unspecified atom stereocenters. The lowest BCUT2D eigenvalue weighted by Crippen LogP contribution is -2.39. The number of benzene rings is 2. The molecule has 0 aromatic heterocycles. The molecular weight excluding hydrogens is 555 g/mol. The van der Waals surface area contributed by atoms with E-state index in [9.17, 15) is 18.8 Å². The van der Waals surface area contributed by atoms with Crippen LogP contribution in [0.2, 0.25) is 5.02 Å². The van der Waals surface area contributed by atoms with E-state index in [1.54, 1.807) is 6.07 Å². The van der Waals surface area contributed by atoms with Crippen LogP contribution in [-0.4, -0.2) is 63.4 Å². The van der Waals surface area contributed by atoms with Crippen LogP contribution in [-0.2, 0) is 29.0 Å². The highest BCUT2D eigenvalue weighted by molar-refractivity contribution is 6.33. The van der Waals surface area contributed by atoms with Crippen LogP contribution < -0.4 is 10.6 Å². The lowest BCUT2D eigenvalue weighted by Gasteiger charge is -2.21. The van der Waals surface area contributed by atoms with Gasteiger partial charge in [0.2, 0.25) is 0 Å². The molecule has 0 amide bonds. The Balaban J connectivity index is 0.000000397. The summed E-state index contributed by atoms with van der Waals surface area (Å²) in [5.41, 5.74) is 4.52. The standard InChI is InChI=1S/C26H32ClFN2O.C4H6O6/c27-23-10-8-20-12-14-29-15-13-21(20)26(23)30-17-19-6-9-22(24(28)16-19)25(31)11-7-18-4-2-1-3-5-18;5-1(3(7)8)2(6)4(9)10/h6,8-10,16,18,29-30H,1-5,7,11-15,17H2;1-2,5-6H,(H,7,8)(H,9,10)/t;1-,2-/m.1/s1. The highest BCUT2D eigenvalue weighted by Crippen LogP contribution is 2.31. The maximum atomic E-state index is 14.7. The number of carbonyl (C=O) groups excluding carboxylic acids is 1. The molecule has 1 aliphatic heterocycles. The first-order valence-electron chi connectivity index (χ1n) is 14.0. The van der Waals surface area contributed by atoms with Gasteiger partial charge in [-0.05, 0) is 73.2 Å². The molecule has 4 rings (SSSR count). The number of aliphatic hydroxyl groups excluding tert-OH is 2. The molecule has 224 valence electrons. The topological polar surface area (TPSA) is 156 Å². The fourth-order valence-electron chi connectivity index (χ4n) is 5.24. The molecule has 0 spiro atoms. The summed E-state index contributed by atoms with van der Waals surface area (Å²) in [6.07, 6.45) is 4.95. The smallest absolute Gasteiger partial charge is 0.335 e. The molecule has 2 aliphatic rings. The summed E-state index contributed by atoms with van der Waals surface area (Å²) < 4.78 is 14.7. The SMILES string of the molecule is O=C(CCC1CCCCC1)c1ccc(CNc2c(Cl)ccc3c2CCNCC3)cc1F.O=C(O)[C@H](O)[C@@H](O)C(=O)O. The van der Waals surface area contributed by atoms with Gasteiger partial charge in [0.25, 0.3) is 0 Å². The molecule has 6 N–H and O–H groups in total. The third-order valence-electron chi connectivity index (χ3n) is 7.59. The molecular formula is C30H38ClFN2O7. The summed E-state index contributed by atoms with van der Waals surface area (Å²) in [6.45, 7) is 2.36. The molecule has 2 aromatic carbocycles. The Morgan fingerprint density at radius 1 is 0.976 bits per heavy atom. The molecule has 11 heteroatoms. The second-order valence-electron chi connectivity index (χ2n) is 10.5. The van der Waals surface area contributed by atoms with Gasteiger partial charge in [0.1, 0.15) is 5.82 Å². The molecule has 1 heterocycles. The predicted octanol–water partition coefficient (Wildman–Crippen LogP) is 4.20. The number of anilines is 1. The Labute approximate surface area is 243 Å². The zero-order chi connectivity index (χ0) is 29.9. The number of Topliss-reactive ketones (excluding diaryl/α,β-unsaturated/α-hetero) is 1. The van der Waals surface area contributed by atoms with Crippen molar-refractivity contribution in [3.05, 3.63) is 63.4 Å². The average Bonchev–Trinajstić information content (AvgIpc) is 3.21. The number of ketones is 1. The normalized spacial score (nSPS) is 16.8. The van der Waals surface area contributed by atoms with E-state index in [4.69, 9.17) is 32.0 Å². The van der Waals surface area contributed by atoms with E-state index in [0.717, 1.165) is 43.6 Å². The van der Waals surface area contributed by atoms with Gasteiger partial charge in [0.05, 0.1) is 16.3 Å². The van der Waals surface area contributed by atoms with Crippen molar-refractivity contribution in [2.24, 2.45) is 5.92 Å². The summed E-state index contributed by atoms with van der Waals surface area (Å²) in [5, 5.41) is 40.1. The maximum Gasteiger partial charge on any atom is 0.335 e. The van der Waals surface area contributed by atoms with Gasteiger partial charge in [0.15, 0.2) is 18.0 Å². The van der Waals surface area contributed by atoms with E-state index in [2.05, 4.69) is 16.7 Å². The Morgan fingerprint density at radius 3 is 2.27 bits per heavy atom.